The lowest BCUT2D eigenvalue weighted by molar-refractivity contribution is 0.300. The Bertz CT molecular complexity index is 970. The Balaban J connectivity index is 1.59. The summed E-state index contributed by atoms with van der Waals surface area (Å²) >= 11 is 5.82. The summed E-state index contributed by atoms with van der Waals surface area (Å²) in [5.74, 6) is 1.25. The molecule has 1 aromatic carbocycles. The Kier molecular flexibility index (Phi) is 7.27. The number of rotatable bonds is 9. The van der Waals surface area contributed by atoms with Crippen LogP contribution in [-0.4, -0.2) is 28.7 Å². The van der Waals surface area contributed by atoms with Crippen molar-refractivity contribution in [2.75, 3.05) is 13.2 Å². The van der Waals surface area contributed by atoms with E-state index in [1.807, 2.05) is 24.3 Å². The number of nitrogens with one attached hydrogen (secondary N) is 1. The van der Waals surface area contributed by atoms with Gasteiger partial charge in [0.2, 0.25) is 0 Å². The second-order valence-electron chi connectivity index (χ2n) is 6.78. The van der Waals surface area contributed by atoms with Gasteiger partial charge in [-0.05, 0) is 42.5 Å². The monoisotopic (exact) mass is 413 g/mol. The van der Waals surface area contributed by atoms with Gasteiger partial charge in [0.05, 0.1) is 10.7 Å². The zero-order chi connectivity index (χ0) is 20.6. The second kappa shape index (κ2) is 10.1. The van der Waals surface area contributed by atoms with Crippen LogP contribution in [0.2, 0.25) is 5.02 Å². The lowest BCUT2D eigenvalue weighted by atomic mass is 10.3. The van der Waals surface area contributed by atoms with Crippen LogP contribution in [0.3, 0.4) is 0 Å². The zero-order valence-electron chi connectivity index (χ0n) is 16.5. The molecule has 0 radical (unpaired) electrons. The lowest BCUT2D eigenvalue weighted by Crippen LogP contribution is -2.27. The minimum Gasteiger partial charge on any atom is -0.492 e. The molecule has 0 spiro atoms. The number of pyridine rings is 2. The van der Waals surface area contributed by atoms with Gasteiger partial charge in [0, 0.05) is 36.7 Å². The first-order valence-electron chi connectivity index (χ1n) is 9.44. The van der Waals surface area contributed by atoms with Gasteiger partial charge in [0.1, 0.15) is 24.7 Å². The molecule has 0 amide bonds. The molecule has 152 valence electrons. The summed E-state index contributed by atoms with van der Waals surface area (Å²) in [6, 6.07) is 14.6. The summed E-state index contributed by atoms with van der Waals surface area (Å²) in [6.07, 6.45) is 3.25. The fraction of sp³-hybridized carbons (Fsp3) is 0.273. The number of nitrogens with zero attached hydrogens (tertiary/aromatic N) is 2. The van der Waals surface area contributed by atoms with Crippen LogP contribution in [0, 0.1) is 0 Å². The molecule has 2 aromatic heterocycles. The lowest BCUT2D eigenvalue weighted by Gasteiger charge is -2.11. The molecule has 0 unspecified atom stereocenters. The van der Waals surface area contributed by atoms with Crippen LogP contribution in [-0.2, 0) is 6.61 Å². The van der Waals surface area contributed by atoms with Gasteiger partial charge in [0.15, 0.2) is 0 Å². The van der Waals surface area contributed by atoms with Crippen molar-refractivity contribution in [2.24, 2.45) is 0 Å². The highest BCUT2D eigenvalue weighted by atomic mass is 35.5. The molecule has 29 heavy (non-hydrogen) atoms. The summed E-state index contributed by atoms with van der Waals surface area (Å²) in [4.78, 5) is 16.6. The molecule has 0 aliphatic rings. The van der Waals surface area contributed by atoms with Crippen molar-refractivity contribution >= 4 is 11.6 Å². The molecule has 2 heterocycles. The standard InChI is InChI=1S/C22H24ClN3O3/c1-16(2)24-10-12-28-20-7-5-19(6-8-20)26-11-9-21(13-22(26)27)29-15-18-4-3-17(23)14-25-18/h3-9,11,13-14,16,24H,10,12,15H2,1-2H3. The third kappa shape index (κ3) is 6.34. The van der Waals surface area contributed by atoms with Gasteiger partial charge >= 0.3 is 0 Å². The van der Waals surface area contributed by atoms with E-state index in [0.717, 1.165) is 23.7 Å². The predicted octanol–water partition coefficient (Wildman–Crippen LogP) is 3.84. The molecule has 0 bridgehead atoms. The van der Waals surface area contributed by atoms with E-state index in [9.17, 15) is 4.79 Å². The number of halogens is 1. The van der Waals surface area contributed by atoms with Crippen LogP contribution >= 0.6 is 11.6 Å². The normalized spacial score (nSPS) is 10.9. The average Bonchev–Trinajstić information content (AvgIpc) is 2.71. The van der Waals surface area contributed by atoms with Crippen molar-refractivity contribution in [1.29, 1.82) is 0 Å². The van der Waals surface area contributed by atoms with Crippen LogP contribution < -0.4 is 20.3 Å². The third-order valence-corrected chi connectivity index (χ3v) is 4.33. The number of hydrogen-bond donors (Lipinski definition) is 1. The maximum atomic E-state index is 12.5. The molecule has 3 rings (SSSR count). The smallest absolute Gasteiger partial charge is 0.258 e. The van der Waals surface area contributed by atoms with Gasteiger partial charge in [-0.15, -0.1) is 0 Å². The van der Waals surface area contributed by atoms with E-state index >= 15 is 0 Å². The topological polar surface area (TPSA) is 65.4 Å². The fourth-order valence-electron chi connectivity index (χ4n) is 2.63. The highest BCUT2D eigenvalue weighted by Crippen LogP contribution is 2.16. The largest absolute Gasteiger partial charge is 0.492 e. The van der Waals surface area contributed by atoms with E-state index in [2.05, 4.69) is 24.1 Å². The molecule has 0 aliphatic carbocycles. The first-order chi connectivity index (χ1) is 14.0. The molecule has 0 fully saturated rings. The van der Waals surface area contributed by atoms with E-state index in [-0.39, 0.29) is 12.2 Å². The average molecular weight is 414 g/mol. The summed E-state index contributed by atoms with van der Waals surface area (Å²) in [7, 11) is 0. The maximum Gasteiger partial charge on any atom is 0.258 e. The van der Waals surface area contributed by atoms with E-state index in [0.29, 0.717) is 23.4 Å². The molecule has 0 atom stereocenters. The van der Waals surface area contributed by atoms with Gasteiger partial charge in [-0.3, -0.25) is 14.3 Å². The van der Waals surface area contributed by atoms with Crippen LogP contribution in [0.5, 0.6) is 11.5 Å². The van der Waals surface area contributed by atoms with Crippen LogP contribution in [0.1, 0.15) is 19.5 Å². The molecular formula is C22H24ClN3O3. The van der Waals surface area contributed by atoms with E-state index in [4.69, 9.17) is 21.1 Å². The maximum absolute atomic E-state index is 12.5. The minimum atomic E-state index is -0.179. The Morgan fingerprint density at radius 1 is 1.07 bits per heavy atom. The van der Waals surface area contributed by atoms with Crippen molar-refractivity contribution in [2.45, 2.75) is 26.5 Å². The molecule has 0 aliphatic heterocycles. The first kappa shape index (κ1) is 20.9. The van der Waals surface area contributed by atoms with Crippen molar-refractivity contribution in [3.8, 4) is 17.2 Å². The summed E-state index contributed by atoms with van der Waals surface area (Å²) in [5, 5.41) is 3.87. The Morgan fingerprint density at radius 2 is 1.86 bits per heavy atom. The van der Waals surface area contributed by atoms with Crippen molar-refractivity contribution in [3.05, 3.63) is 82.0 Å². The number of ether oxygens (including phenoxy) is 2. The second-order valence-corrected chi connectivity index (χ2v) is 7.21. The van der Waals surface area contributed by atoms with Gasteiger partial charge in [-0.1, -0.05) is 25.4 Å². The van der Waals surface area contributed by atoms with Crippen molar-refractivity contribution in [3.63, 3.8) is 0 Å². The van der Waals surface area contributed by atoms with E-state index < -0.39 is 0 Å². The SMILES string of the molecule is CC(C)NCCOc1ccc(-n2ccc(OCc3ccc(Cl)cn3)cc2=O)cc1. The first-order valence-corrected chi connectivity index (χ1v) is 9.81. The third-order valence-electron chi connectivity index (χ3n) is 4.10. The van der Waals surface area contributed by atoms with E-state index in [1.165, 1.54) is 6.07 Å². The van der Waals surface area contributed by atoms with Crippen molar-refractivity contribution in [1.82, 2.24) is 14.9 Å². The summed E-state index contributed by atoms with van der Waals surface area (Å²) < 4.78 is 12.9. The zero-order valence-corrected chi connectivity index (χ0v) is 17.2. The minimum absolute atomic E-state index is 0.179. The Morgan fingerprint density at radius 3 is 2.52 bits per heavy atom. The number of benzene rings is 1. The van der Waals surface area contributed by atoms with Gasteiger partial charge in [-0.2, -0.15) is 0 Å². The molecule has 0 saturated carbocycles. The number of hydrogen-bond acceptors (Lipinski definition) is 5. The Labute approximate surface area is 175 Å². The van der Waals surface area contributed by atoms with Gasteiger partial charge < -0.3 is 14.8 Å². The van der Waals surface area contributed by atoms with Crippen LogP contribution in [0.25, 0.3) is 5.69 Å². The highest BCUT2D eigenvalue weighted by molar-refractivity contribution is 6.30. The summed E-state index contributed by atoms with van der Waals surface area (Å²) in [6.45, 7) is 5.82. The number of aromatic nitrogens is 2. The highest BCUT2D eigenvalue weighted by Gasteiger charge is 2.04. The molecule has 6 nitrogen and oxygen atoms in total. The van der Waals surface area contributed by atoms with Crippen LogP contribution in [0.4, 0.5) is 0 Å². The molecule has 1 N–H and O–H groups in total. The molecule has 7 heteroatoms. The molecule has 0 saturated heterocycles. The quantitative estimate of drug-likeness (QED) is 0.540. The predicted molar refractivity (Wildman–Crippen MR) is 114 cm³/mol. The van der Waals surface area contributed by atoms with Gasteiger partial charge in [0.25, 0.3) is 5.56 Å². The molecule has 3 aromatic rings. The fourth-order valence-corrected chi connectivity index (χ4v) is 2.74. The van der Waals surface area contributed by atoms with E-state index in [1.54, 1.807) is 35.2 Å². The molecular weight excluding hydrogens is 390 g/mol. The summed E-state index contributed by atoms with van der Waals surface area (Å²) in [5.41, 5.74) is 1.31. The Hall–Kier alpha value is -2.83. The van der Waals surface area contributed by atoms with Crippen LogP contribution in [0.15, 0.2) is 65.7 Å². The van der Waals surface area contributed by atoms with Gasteiger partial charge in [-0.25, -0.2) is 0 Å². The van der Waals surface area contributed by atoms with Crippen molar-refractivity contribution < 1.29 is 9.47 Å².